The van der Waals surface area contributed by atoms with E-state index in [1.165, 1.54) is 14.2 Å². The van der Waals surface area contributed by atoms with Crippen molar-refractivity contribution in [3.05, 3.63) is 22.7 Å². The fraction of sp³-hybridized carbons (Fsp3) is 0.364. The topological polar surface area (TPSA) is 47.6 Å². The molecule has 1 aromatic carbocycles. The number of halogens is 2. The molecule has 4 nitrogen and oxygen atoms in total. The molecule has 0 fully saturated rings. The van der Waals surface area contributed by atoms with Crippen LogP contribution >= 0.6 is 27.5 Å². The summed E-state index contributed by atoms with van der Waals surface area (Å²) in [6.45, 7) is 0.393. The van der Waals surface area contributed by atoms with Gasteiger partial charge >= 0.3 is 0 Å². The first-order valence-corrected chi connectivity index (χ1v) is 6.35. The zero-order chi connectivity index (χ0) is 12.8. The lowest BCUT2D eigenvalue weighted by Crippen LogP contribution is -2.23. The number of benzene rings is 1. The predicted octanol–water partition coefficient (Wildman–Crippen LogP) is 2.37. The van der Waals surface area contributed by atoms with E-state index >= 15 is 0 Å². The van der Waals surface area contributed by atoms with Gasteiger partial charge in [-0.25, -0.2) is 0 Å². The minimum atomic E-state index is -0.0871. The fourth-order valence-electron chi connectivity index (χ4n) is 1.32. The summed E-state index contributed by atoms with van der Waals surface area (Å²) in [6.07, 6.45) is 0. The molecule has 0 bridgehead atoms. The molecule has 94 valence electrons. The first-order chi connectivity index (χ1) is 8.12. The largest absolute Gasteiger partial charge is 0.493 e. The highest BCUT2D eigenvalue weighted by molar-refractivity contribution is 9.09. The van der Waals surface area contributed by atoms with E-state index in [0.29, 0.717) is 23.1 Å². The van der Waals surface area contributed by atoms with Gasteiger partial charge in [0.1, 0.15) is 0 Å². The van der Waals surface area contributed by atoms with Gasteiger partial charge in [0.2, 0.25) is 5.91 Å². The van der Waals surface area contributed by atoms with E-state index in [0.717, 1.165) is 5.56 Å². The monoisotopic (exact) mass is 321 g/mol. The lowest BCUT2D eigenvalue weighted by molar-refractivity contribution is -0.118. The Bertz CT molecular complexity index is 412. The summed E-state index contributed by atoms with van der Waals surface area (Å²) in [5.41, 5.74) is 0.849. The molecule has 0 aliphatic heterocycles. The summed E-state index contributed by atoms with van der Waals surface area (Å²) in [6, 6.07) is 3.51. The number of ether oxygens (including phenoxy) is 2. The van der Waals surface area contributed by atoms with Crippen LogP contribution < -0.4 is 14.8 Å². The Kier molecular flexibility index (Phi) is 5.58. The average Bonchev–Trinajstić information content (AvgIpc) is 2.34. The van der Waals surface area contributed by atoms with Crippen molar-refractivity contribution in [3.63, 3.8) is 0 Å². The highest BCUT2D eigenvalue weighted by atomic mass is 79.9. The Hall–Kier alpha value is -0.940. The second-order valence-electron chi connectivity index (χ2n) is 3.22. The van der Waals surface area contributed by atoms with E-state index in [1.54, 1.807) is 12.1 Å². The molecule has 0 atom stereocenters. The highest BCUT2D eigenvalue weighted by Crippen LogP contribution is 2.35. The minimum absolute atomic E-state index is 0.0871. The molecule has 1 N–H and O–H groups in total. The van der Waals surface area contributed by atoms with Crippen LogP contribution in [0.4, 0.5) is 0 Å². The van der Waals surface area contributed by atoms with E-state index in [-0.39, 0.29) is 11.2 Å². The Morgan fingerprint density at radius 1 is 1.41 bits per heavy atom. The Balaban J connectivity index is 2.88. The molecular weight excluding hydrogens is 309 g/mol. The lowest BCUT2D eigenvalue weighted by atomic mass is 10.2. The fourth-order valence-corrected chi connectivity index (χ4v) is 1.83. The molecule has 0 unspecified atom stereocenters. The normalized spacial score (nSPS) is 9.88. The Morgan fingerprint density at radius 3 is 2.65 bits per heavy atom. The third kappa shape index (κ3) is 3.78. The SMILES string of the molecule is COc1cc(CNC(=O)CBr)cc(Cl)c1OC. The molecule has 6 heteroatoms. The molecule has 0 saturated heterocycles. The van der Waals surface area contributed by atoms with Crippen molar-refractivity contribution in [1.29, 1.82) is 0 Å². The summed E-state index contributed by atoms with van der Waals surface area (Å²) in [4.78, 5) is 11.1. The molecule has 0 aromatic heterocycles. The minimum Gasteiger partial charge on any atom is -0.493 e. The standard InChI is InChI=1S/C11H13BrClNO3/c1-16-9-4-7(6-14-10(15)5-12)3-8(13)11(9)17-2/h3-4H,5-6H2,1-2H3,(H,14,15). The number of carbonyl (C=O) groups is 1. The number of nitrogens with one attached hydrogen (secondary N) is 1. The van der Waals surface area contributed by atoms with E-state index in [2.05, 4.69) is 21.2 Å². The van der Waals surface area contributed by atoms with E-state index in [9.17, 15) is 4.79 Å². The van der Waals surface area contributed by atoms with E-state index in [1.807, 2.05) is 0 Å². The quantitative estimate of drug-likeness (QED) is 0.847. The molecule has 0 aliphatic rings. The van der Waals surface area contributed by atoms with Crippen molar-refractivity contribution < 1.29 is 14.3 Å². The van der Waals surface area contributed by atoms with Crippen LogP contribution in [0.5, 0.6) is 11.5 Å². The van der Waals surface area contributed by atoms with Crippen molar-refractivity contribution in [3.8, 4) is 11.5 Å². The van der Waals surface area contributed by atoms with Crippen LogP contribution in [0.25, 0.3) is 0 Å². The molecule has 17 heavy (non-hydrogen) atoms. The van der Waals surface area contributed by atoms with Crippen molar-refractivity contribution in [2.24, 2.45) is 0 Å². The maximum atomic E-state index is 11.1. The third-order valence-electron chi connectivity index (χ3n) is 2.10. The van der Waals surface area contributed by atoms with Crippen LogP contribution in [0.15, 0.2) is 12.1 Å². The summed E-state index contributed by atoms with van der Waals surface area (Å²) in [7, 11) is 3.06. The predicted molar refractivity (Wildman–Crippen MR) is 70.2 cm³/mol. The van der Waals surface area contributed by atoms with E-state index in [4.69, 9.17) is 21.1 Å². The van der Waals surface area contributed by atoms with Crippen molar-refractivity contribution in [1.82, 2.24) is 5.32 Å². The van der Waals surface area contributed by atoms with Crippen molar-refractivity contribution in [2.75, 3.05) is 19.5 Å². The van der Waals surface area contributed by atoms with Crippen LogP contribution in [-0.2, 0) is 11.3 Å². The van der Waals surface area contributed by atoms with Gasteiger partial charge in [0, 0.05) is 6.54 Å². The molecule has 1 rings (SSSR count). The molecule has 0 aliphatic carbocycles. The molecule has 0 saturated carbocycles. The molecule has 0 radical (unpaired) electrons. The van der Waals surface area contributed by atoms with Crippen molar-refractivity contribution in [2.45, 2.75) is 6.54 Å². The third-order valence-corrected chi connectivity index (χ3v) is 2.89. The smallest absolute Gasteiger partial charge is 0.230 e. The summed E-state index contributed by atoms with van der Waals surface area (Å²) >= 11 is 9.11. The van der Waals surface area contributed by atoms with Crippen LogP contribution in [0.2, 0.25) is 5.02 Å². The van der Waals surface area contributed by atoms with Gasteiger partial charge < -0.3 is 14.8 Å². The van der Waals surface area contributed by atoms with Gasteiger partial charge in [0.25, 0.3) is 0 Å². The number of methoxy groups -OCH3 is 2. The first kappa shape index (κ1) is 14.1. The van der Waals surface area contributed by atoms with Gasteiger partial charge in [-0.1, -0.05) is 27.5 Å². The Morgan fingerprint density at radius 2 is 2.12 bits per heavy atom. The highest BCUT2D eigenvalue weighted by Gasteiger charge is 2.11. The first-order valence-electron chi connectivity index (χ1n) is 4.85. The van der Waals surface area contributed by atoms with Crippen molar-refractivity contribution >= 4 is 33.4 Å². The van der Waals surface area contributed by atoms with E-state index < -0.39 is 0 Å². The van der Waals surface area contributed by atoms with Gasteiger partial charge in [-0.15, -0.1) is 0 Å². The summed E-state index contributed by atoms with van der Waals surface area (Å²) in [5, 5.41) is 3.45. The molecule has 1 aromatic rings. The van der Waals surface area contributed by atoms with Gasteiger partial charge in [-0.2, -0.15) is 0 Å². The maximum Gasteiger partial charge on any atom is 0.230 e. The summed E-state index contributed by atoms with van der Waals surface area (Å²) in [5.74, 6) is 0.948. The number of alkyl halides is 1. The number of hydrogen-bond donors (Lipinski definition) is 1. The zero-order valence-corrected chi connectivity index (χ0v) is 11.9. The molecule has 0 spiro atoms. The molecule has 1 amide bonds. The molecule has 0 heterocycles. The zero-order valence-electron chi connectivity index (χ0n) is 9.55. The van der Waals surface area contributed by atoms with Crippen LogP contribution in [-0.4, -0.2) is 25.5 Å². The van der Waals surface area contributed by atoms with Gasteiger partial charge in [-0.3, -0.25) is 4.79 Å². The van der Waals surface area contributed by atoms with Gasteiger partial charge in [0.05, 0.1) is 24.6 Å². The average molecular weight is 323 g/mol. The number of hydrogen-bond acceptors (Lipinski definition) is 3. The summed E-state index contributed by atoms with van der Waals surface area (Å²) < 4.78 is 10.3. The second kappa shape index (κ2) is 6.71. The van der Waals surface area contributed by atoms with Crippen LogP contribution in [0, 0.1) is 0 Å². The number of amides is 1. The van der Waals surface area contributed by atoms with Crippen LogP contribution in [0.3, 0.4) is 0 Å². The second-order valence-corrected chi connectivity index (χ2v) is 4.19. The molecular formula is C11H13BrClNO3. The Labute approximate surface area is 113 Å². The van der Waals surface area contributed by atoms with Crippen LogP contribution in [0.1, 0.15) is 5.56 Å². The number of rotatable bonds is 5. The number of carbonyl (C=O) groups excluding carboxylic acids is 1. The maximum absolute atomic E-state index is 11.1. The lowest BCUT2D eigenvalue weighted by Gasteiger charge is -2.12. The van der Waals surface area contributed by atoms with Gasteiger partial charge in [-0.05, 0) is 17.7 Å². The van der Waals surface area contributed by atoms with Gasteiger partial charge in [0.15, 0.2) is 11.5 Å².